The maximum absolute atomic E-state index is 5.88. The Morgan fingerprint density at radius 2 is 1.94 bits per heavy atom. The normalized spacial score (nSPS) is 12.4. The maximum atomic E-state index is 5.88. The molecule has 2 aromatic rings. The molecule has 2 rings (SSSR count). The predicted octanol–water partition coefficient (Wildman–Crippen LogP) is 3.89. The fourth-order valence-corrected chi connectivity index (χ4v) is 1.94. The topological polar surface area (TPSA) is 24.9 Å². The molecule has 0 aliphatic rings. The molecule has 0 bridgehead atoms. The average molecular weight is 261 g/mol. The van der Waals surface area contributed by atoms with E-state index in [-0.39, 0.29) is 0 Å². The van der Waals surface area contributed by atoms with E-state index in [1.165, 1.54) is 16.7 Å². The molecule has 1 aromatic carbocycles. The molecule has 0 radical (unpaired) electrons. The zero-order valence-electron chi connectivity index (χ0n) is 10.7. The molecule has 1 N–H and O–H groups in total. The quantitative estimate of drug-likeness (QED) is 0.902. The maximum Gasteiger partial charge on any atom is 0.0406 e. The Hall–Kier alpha value is -1.38. The molecule has 0 aliphatic heterocycles. The molecular formula is C15H17ClN2. The third-order valence-corrected chi connectivity index (χ3v) is 3.37. The van der Waals surface area contributed by atoms with Crippen LogP contribution in [0.4, 0.5) is 0 Å². The number of benzene rings is 1. The van der Waals surface area contributed by atoms with Crippen LogP contribution < -0.4 is 5.32 Å². The van der Waals surface area contributed by atoms with Gasteiger partial charge in [0.05, 0.1) is 0 Å². The molecule has 1 aromatic heterocycles. The van der Waals surface area contributed by atoms with Gasteiger partial charge in [-0.25, -0.2) is 0 Å². The third kappa shape index (κ3) is 3.31. The fourth-order valence-electron chi connectivity index (χ4n) is 1.81. The molecule has 18 heavy (non-hydrogen) atoms. The number of aromatic nitrogens is 1. The van der Waals surface area contributed by atoms with Gasteiger partial charge in [0.2, 0.25) is 0 Å². The van der Waals surface area contributed by atoms with Gasteiger partial charge in [-0.15, -0.1) is 0 Å². The SMILES string of the molecule is Cc1ccncc1CN[C@@H](C)c1ccc(Cl)cc1. The van der Waals surface area contributed by atoms with Gasteiger partial charge in [-0.1, -0.05) is 23.7 Å². The molecule has 1 heterocycles. The van der Waals surface area contributed by atoms with Crippen LogP contribution in [0.15, 0.2) is 42.7 Å². The van der Waals surface area contributed by atoms with E-state index < -0.39 is 0 Å². The van der Waals surface area contributed by atoms with Gasteiger partial charge in [0, 0.05) is 30.0 Å². The van der Waals surface area contributed by atoms with Crippen LogP contribution >= 0.6 is 11.6 Å². The van der Waals surface area contributed by atoms with Crippen molar-refractivity contribution in [2.45, 2.75) is 26.4 Å². The second kappa shape index (κ2) is 5.98. The largest absolute Gasteiger partial charge is 0.306 e. The van der Waals surface area contributed by atoms with Gasteiger partial charge in [-0.2, -0.15) is 0 Å². The molecule has 0 amide bonds. The molecular weight excluding hydrogens is 244 g/mol. The molecule has 0 spiro atoms. The summed E-state index contributed by atoms with van der Waals surface area (Å²) in [5.41, 5.74) is 3.74. The Bertz CT molecular complexity index is 508. The summed E-state index contributed by atoms with van der Waals surface area (Å²) in [6.07, 6.45) is 3.73. The van der Waals surface area contributed by atoms with Crippen molar-refractivity contribution in [1.29, 1.82) is 0 Å². The monoisotopic (exact) mass is 260 g/mol. The molecule has 0 unspecified atom stereocenters. The van der Waals surface area contributed by atoms with E-state index in [0.717, 1.165) is 11.6 Å². The Morgan fingerprint density at radius 3 is 2.61 bits per heavy atom. The van der Waals surface area contributed by atoms with Crippen LogP contribution in [0.5, 0.6) is 0 Å². The van der Waals surface area contributed by atoms with E-state index in [2.05, 4.69) is 36.3 Å². The van der Waals surface area contributed by atoms with Crippen molar-refractivity contribution in [3.05, 3.63) is 64.4 Å². The summed E-state index contributed by atoms with van der Waals surface area (Å²) in [5.74, 6) is 0. The number of hydrogen-bond donors (Lipinski definition) is 1. The highest BCUT2D eigenvalue weighted by Gasteiger charge is 2.05. The summed E-state index contributed by atoms with van der Waals surface area (Å²) >= 11 is 5.88. The minimum absolute atomic E-state index is 0.293. The number of halogens is 1. The van der Waals surface area contributed by atoms with E-state index in [0.29, 0.717) is 6.04 Å². The van der Waals surface area contributed by atoms with Crippen LogP contribution in [0.1, 0.15) is 29.7 Å². The van der Waals surface area contributed by atoms with Crippen LogP contribution in [0.3, 0.4) is 0 Å². The van der Waals surface area contributed by atoms with E-state index in [4.69, 9.17) is 11.6 Å². The van der Waals surface area contributed by atoms with Gasteiger partial charge in [0.25, 0.3) is 0 Å². The zero-order valence-corrected chi connectivity index (χ0v) is 11.4. The van der Waals surface area contributed by atoms with Crippen LogP contribution in [-0.4, -0.2) is 4.98 Å². The molecule has 0 saturated heterocycles. The first-order valence-electron chi connectivity index (χ1n) is 6.05. The average Bonchev–Trinajstić information content (AvgIpc) is 2.38. The molecule has 2 nitrogen and oxygen atoms in total. The third-order valence-electron chi connectivity index (χ3n) is 3.12. The number of pyridine rings is 1. The number of aryl methyl sites for hydroxylation is 1. The lowest BCUT2D eigenvalue weighted by Crippen LogP contribution is -2.18. The first-order valence-corrected chi connectivity index (χ1v) is 6.43. The van der Waals surface area contributed by atoms with Gasteiger partial charge >= 0.3 is 0 Å². The second-order valence-electron chi connectivity index (χ2n) is 4.46. The minimum Gasteiger partial charge on any atom is -0.306 e. The van der Waals surface area contributed by atoms with Gasteiger partial charge in [0.15, 0.2) is 0 Å². The Kier molecular flexibility index (Phi) is 4.34. The highest BCUT2D eigenvalue weighted by atomic mass is 35.5. The van der Waals surface area contributed by atoms with Crippen LogP contribution in [-0.2, 0) is 6.54 Å². The van der Waals surface area contributed by atoms with Crippen LogP contribution in [0.2, 0.25) is 5.02 Å². The van der Waals surface area contributed by atoms with Gasteiger partial charge < -0.3 is 5.32 Å². The Balaban J connectivity index is 1.98. The Morgan fingerprint density at radius 1 is 1.22 bits per heavy atom. The van der Waals surface area contributed by atoms with Crippen molar-refractivity contribution >= 4 is 11.6 Å². The van der Waals surface area contributed by atoms with Crippen LogP contribution in [0, 0.1) is 6.92 Å². The lowest BCUT2D eigenvalue weighted by atomic mass is 10.1. The molecule has 0 fully saturated rings. The van der Waals surface area contributed by atoms with E-state index >= 15 is 0 Å². The summed E-state index contributed by atoms with van der Waals surface area (Å²) in [6, 6.07) is 10.3. The lowest BCUT2D eigenvalue weighted by Gasteiger charge is -2.15. The van der Waals surface area contributed by atoms with Crippen molar-refractivity contribution in [2.75, 3.05) is 0 Å². The standard InChI is InChI=1S/C15H17ClN2/c1-11-7-8-17-9-14(11)10-18-12(2)13-3-5-15(16)6-4-13/h3-9,12,18H,10H2,1-2H3/t12-/m0/s1. The summed E-state index contributed by atoms with van der Waals surface area (Å²) in [7, 11) is 0. The summed E-state index contributed by atoms with van der Waals surface area (Å²) in [5, 5.41) is 4.26. The molecule has 1 atom stereocenters. The number of nitrogens with one attached hydrogen (secondary N) is 1. The van der Waals surface area contributed by atoms with E-state index in [9.17, 15) is 0 Å². The summed E-state index contributed by atoms with van der Waals surface area (Å²) < 4.78 is 0. The van der Waals surface area contributed by atoms with Gasteiger partial charge in [-0.3, -0.25) is 4.98 Å². The molecule has 3 heteroatoms. The van der Waals surface area contributed by atoms with E-state index in [1.807, 2.05) is 30.6 Å². The van der Waals surface area contributed by atoms with Crippen molar-refractivity contribution < 1.29 is 0 Å². The Labute approximate surface area is 113 Å². The first kappa shape index (κ1) is 13.1. The van der Waals surface area contributed by atoms with Crippen molar-refractivity contribution in [2.24, 2.45) is 0 Å². The fraction of sp³-hybridized carbons (Fsp3) is 0.267. The number of nitrogens with zero attached hydrogens (tertiary/aromatic N) is 1. The van der Waals surface area contributed by atoms with Gasteiger partial charge in [0.1, 0.15) is 0 Å². The minimum atomic E-state index is 0.293. The number of rotatable bonds is 4. The van der Waals surface area contributed by atoms with E-state index in [1.54, 1.807) is 0 Å². The van der Waals surface area contributed by atoms with Crippen molar-refractivity contribution in [1.82, 2.24) is 10.3 Å². The van der Waals surface area contributed by atoms with Crippen molar-refractivity contribution in [3.8, 4) is 0 Å². The zero-order chi connectivity index (χ0) is 13.0. The molecule has 0 aliphatic carbocycles. The van der Waals surface area contributed by atoms with Gasteiger partial charge in [-0.05, 0) is 48.7 Å². The lowest BCUT2D eigenvalue weighted by molar-refractivity contribution is 0.572. The molecule has 0 saturated carbocycles. The highest BCUT2D eigenvalue weighted by molar-refractivity contribution is 6.30. The van der Waals surface area contributed by atoms with Crippen molar-refractivity contribution in [3.63, 3.8) is 0 Å². The summed E-state index contributed by atoms with van der Waals surface area (Å²) in [4.78, 5) is 4.15. The number of hydrogen-bond acceptors (Lipinski definition) is 2. The second-order valence-corrected chi connectivity index (χ2v) is 4.89. The first-order chi connectivity index (χ1) is 8.66. The smallest absolute Gasteiger partial charge is 0.0406 e. The summed E-state index contributed by atoms with van der Waals surface area (Å²) in [6.45, 7) is 5.07. The predicted molar refractivity (Wildman–Crippen MR) is 75.7 cm³/mol. The molecule has 94 valence electrons. The van der Waals surface area contributed by atoms with Crippen LogP contribution in [0.25, 0.3) is 0 Å². The highest BCUT2D eigenvalue weighted by Crippen LogP contribution is 2.16.